The minimum atomic E-state index is 0.548. The molecule has 59 heavy (non-hydrogen) atoms. The SMILES string of the molecule is CCC(C)c1ccc(-n2c3ccccc3c3cc(-c4ccc5c(c4)c4ccccc4n5-c4ccc5c(c4)c4ccccc4n5-c4ccc(C(C)CC)cc4)ccc32)cc1. The maximum Gasteiger partial charge on any atom is 0.0542 e. The molecule has 3 heteroatoms. The fraction of sp³-hybridized carbons (Fsp3) is 0.143. The molecule has 286 valence electrons. The van der Waals surface area contributed by atoms with E-state index in [1.54, 1.807) is 0 Å². The predicted octanol–water partition coefficient (Wildman–Crippen LogP) is 15.7. The molecule has 3 heterocycles. The van der Waals surface area contributed by atoms with Crippen molar-refractivity contribution in [2.75, 3.05) is 0 Å². The lowest BCUT2D eigenvalue weighted by atomic mass is 9.98. The molecule has 8 aromatic carbocycles. The van der Waals surface area contributed by atoms with Crippen molar-refractivity contribution in [2.24, 2.45) is 0 Å². The van der Waals surface area contributed by atoms with Crippen molar-refractivity contribution >= 4 is 65.4 Å². The molecule has 0 saturated heterocycles. The second-order valence-corrected chi connectivity index (χ2v) is 16.5. The lowest BCUT2D eigenvalue weighted by Gasteiger charge is -2.13. The van der Waals surface area contributed by atoms with E-state index in [1.807, 2.05) is 0 Å². The zero-order valence-electron chi connectivity index (χ0n) is 34.2. The Hall–Kier alpha value is -6.84. The van der Waals surface area contributed by atoms with E-state index in [0.717, 1.165) is 18.5 Å². The van der Waals surface area contributed by atoms with Crippen LogP contribution in [0.2, 0.25) is 0 Å². The molecular weight excluding hydrogens is 715 g/mol. The largest absolute Gasteiger partial charge is 0.309 e. The molecule has 2 atom stereocenters. The average molecular weight is 762 g/mol. The molecular formula is C56H47N3. The van der Waals surface area contributed by atoms with Crippen LogP contribution in [0.3, 0.4) is 0 Å². The van der Waals surface area contributed by atoms with Gasteiger partial charge in [-0.3, -0.25) is 0 Å². The Morgan fingerprint density at radius 1 is 0.322 bits per heavy atom. The molecule has 2 unspecified atom stereocenters. The Bertz CT molecular complexity index is 3370. The summed E-state index contributed by atoms with van der Waals surface area (Å²) in [6.07, 6.45) is 2.28. The molecule has 0 bridgehead atoms. The predicted molar refractivity (Wildman–Crippen MR) is 252 cm³/mol. The van der Waals surface area contributed by atoms with Gasteiger partial charge in [-0.25, -0.2) is 0 Å². The summed E-state index contributed by atoms with van der Waals surface area (Å²) >= 11 is 0. The second-order valence-electron chi connectivity index (χ2n) is 16.5. The molecule has 0 radical (unpaired) electrons. The third-order valence-electron chi connectivity index (χ3n) is 13.3. The van der Waals surface area contributed by atoms with Crippen LogP contribution < -0.4 is 0 Å². The van der Waals surface area contributed by atoms with Gasteiger partial charge < -0.3 is 13.7 Å². The van der Waals surface area contributed by atoms with E-state index in [9.17, 15) is 0 Å². The van der Waals surface area contributed by atoms with Gasteiger partial charge in [0.15, 0.2) is 0 Å². The van der Waals surface area contributed by atoms with E-state index in [0.29, 0.717) is 11.8 Å². The number of rotatable bonds is 8. The number of benzene rings is 8. The zero-order chi connectivity index (χ0) is 39.8. The Kier molecular flexibility index (Phi) is 8.34. The number of aromatic nitrogens is 3. The van der Waals surface area contributed by atoms with Crippen LogP contribution in [-0.4, -0.2) is 13.7 Å². The van der Waals surface area contributed by atoms with Gasteiger partial charge in [0, 0.05) is 49.4 Å². The quantitative estimate of drug-likeness (QED) is 0.146. The number of para-hydroxylation sites is 3. The molecule has 3 aromatic heterocycles. The van der Waals surface area contributed by atoms with Crippen LogP contribution in [0.25, 0.3) is 93.6 Å². The van der Waals surface area contributed by atoms with Gasteiger partial charge in [-0.15, -0.1) is 0 Å². The Morgan fingerprint density at radius 3 is 1.05 bits per heavy atom. The van der Waals surface area contributed by atoms with E-state index in [4.69, 9.17) is 0 Å². The van der Waals surface area contributed by atoms with Gasteiger partial charge in [0.2, 0.25) is 0 Å². The van der Waals surface area contributed by atoms with E-state index >= 15 is 0 Å². The minimum Gasteiger partial charge on any atom is -0.309 e. The fourth-order valence-electron chi connectivity index (χ4n) is 9.61. The standard InChI is InChI=1S/C56H47N3/c1-5-36(3)38-19-25-42(26-20-38)57-51-16-10-7-13-45(51)48-33-40(23-30-54(48)57)41-24-31-55-49(34-41)46-14-8-12-18-53(46)59(55)44-29-32-56-50(35-44)47-15-9-11-17-52(47)58(56)43-27-21-39(22-28-43)37(4)6-2/h7-37H,5-6H2,1-4H3. The summed E-state index contributed by atoms with van der Waals surface area (Å²) in [6.45, 7) is 9.13. The van der Waals surface area contributed by atoms with Gasteiger partial charge in [-0.2, -0.15) is 0 Å². The van der Waals surface area contributed by atoms with Crippen LogP contribution in [0, 0.1) is 0 Å². The molecule has 0 fully saturated rings. The van der Waals surface area contributed by atoms with Gasteiger partial charge in [0.05, 0.1) is 33.1 Å². The second kappa shape index (κ2) is 13.9. The molecule has 11 aromatic rings. The van der Waals surface area contributed by atoms with Crippen LogP contribution in [0.5, 0.6) is 0 Å². The van der Waals surface area contributed by atoms with Crippen molar-refractivity contribution in [1.82, 2.24) is 13.7 Å². The molecule has 0 aliphatic carbocycles. The summed E-state index contributed by atoms with van der Waals surface area (Å²) in [7, 11) is 0. The van der Waals surface area contributed by atoms with E-state index in [1.165, 1.54) is 99.0 Å². The maximum absolute atomic E-state index is 2.45. The molecule has 0 spiro atoms. The fourth-order valence-corrected chi connectivity index (χ4v) is 9.61. The van der Waals surface area contributed by atoms with Crippen molar-refractivity contribution in [3.8, 4) is 28.2 Å². The highest BCUT2D eigenvalue weighted by Crippen LogP contribution is 2.40. The van der Waals surface area contributed by atoms with Crippen molar-refractivity contribution in [2.45, 2.75) is 52.4 Å². The maximum atomic E-state index is 2.45. The van der Waals surface area contributed by atoms with Gasteiger partial charge in [-0.1, -0.05) is 119 Å². The van der Waals surface area contributed by atoms with Gasteiger partial charge >= 0.3 is 0 Å². The first kappa shape index (κ1) is 35.3. The first-order chi connectivity index (χ1) is 29.0. The summed E-state index contributed by atoms with van der Waals surface area (Å²) in [5, 5.41) is 7.57. The lowest BCUT2D eigenvalue weighted by Crippen LogP contribution is -1.97. The normalized spacial score (nSPS) is 13.1. The monoisotopic (exact) mass is 761 g/mol. The highest BCUT2D eigenvalue weighted by atomic mass is 15.0. The summed E-state index contributed by atoms with van der Waals surface area (Å²) in [5.41, 5.74) is 16.1. The first-order valence-corrected chi connectivity index (χ1v) is 21.3. The Labute approximate surface area is 345 Å². The molecule has 0 aliphatic heterocycles. The van der Waals surface area contributed by atoms with Gasteiger partial charge in [0.25, 0.3) is 0 Å². The number of nitrogens with zero attached hydrogens (tertiary/aromatic N) is 3. The molecule has 0 saturated carbocycles. The van der Waals surface area contributed by atoms with E-state index in [-0.39, 0.29) is 0 Å². The van der Waals surface area contributed by atoms with Crippen molar-refractivity contribution in [1.29, 1.82) is 0 Å². The van der Waals surface area contributed by atoms with Gasteiger partial charge in [-0.05, 0) is 132 Å². The van der Waals surface area contributed by atoms with Crippen molar-refractivity contribution in [3.05, 3.63) is 187 Å². The third kappa shape index (κ3) is 5.56. The lowest BCUT2D eigenvalue weighted by molar-refractivity contribution is 0.733. The van der Waals surface area contributed by atoms with Crippen molar-refractivity contribution < 1.29 is 0 Å². The third-order valence-corrected chi connectivity index (χ3v) is 13.3. The molecule has 11 rings (SSSR count). The number of fused-ring (bicyclic) bond motifs is 9. The average Bonchev–Trinajstić information content (AvgIpc) is 3.93. The molecule has 0 amide bonds. The number of hydrogen-bond acceptors (Lipinski definition) is 0. The topological polar surface area (TPSA) is 14.8 Å². The van der Waals surface area contributed by atoms with Crippen molar-refractivity contribution in [3.63, 3.8) is 0 Å². The first-order valence-electron chi connectivity index (χ1n) is 21.3. The summed E-state index contributed by atoms with van der Waals surface area (Å²) < 4.78 is 7.29. The Balaban J connectivity index is 1.04. The van der Waals surface area contributed by atoms with Crippen LogP contribution in [-0.2, 0) is 0 Å². The molecule has 0 aliphatic rings. The van der Waals surface area contributed by atoms with Crippen LogP contribution >= 0.6 is 0 Å². The van der Waals surface area contributed by atoms with Crippen LogP contribution in [0.1, 0.15) is 63.5 Å². The summed E-state index contributed by atoms with van der Waals surface area (Å²) in [4.78, 5) is 0. The zero-order valence-corrected chi connectivity index (χ0v) is 34.2. The molecule has 3 nitrogen and oxygen atoms in total. The molecule has 0 N–H and O–H groups in total. The minimum absolute atomic E-state index is 0.548. The van der Waals surface area contributed by atoms with Crippen LogP contribution in [0.15, 0.2) is 176 Å². The smallest absolute Gasteiger partial charge is 0.0542 e. The van der Waals surface area contributed by atoms with E-state index in [2.05, 4.69) is 217 Å². The highest BCUT2D eigenvalue weighted by molar-refractivity contribution is 6.14. The summed E-state index contributed by atoms with van der Waals surface area (Å²) in [5.74, 6) is 1.10. The van der Waals surface area contributed by atoms with Gasteiger partial charge in [0.1, 0.15) is 0 Å². The van der Waals surface area contributed by atoms with E-state index < -0.39 is 0 Å². The number of hydrogen-bond donors (Lipinski definition) is 0. The Morgan fingerprint density at radius 2 is 0.644 bits per heavy atom. The summed E-state index contributed by atoms with van der Waals surface area (Å²) in [6, 6.07) is 65.9. The highest BCUT2D eigenvalue weighted by Gasteiger charge is 2.19. The van der Waals surface area contributed by atoms with Crippen LogP contribution in [0.4, 0.5) is 0 Å².